The SMILES string of the molecule is CCCC1CCN(c2nccc(CNC)c2F)C1. The highest BCUT2D eigenvalue weighted by Crippen LogP contribution is 2.27. The van der Waals surface area contributed by atoms with Crippen LogP contribution >= 0.6 is 0 Å². The van der Waals surface area contributed by atoms with E-state index in [-0.39, 0.29) is 5.82 Å². The van der Waals surface area contributed by atoms with E-state index in [0.29, 0.717) is 23.8 Å². The third-order valence-corrected chi connectivity index (χ3v) is 3.60. The Morgan fingerprint density at radius 3 is 3.11 bits per heavy atom. The predicted octanol–water partition coefficient (Wildman–Crippen LogP) is 2.57. The molecule has 0 amide bonds. The van der Waals surface area contributed by atoms with Gasteiger partial charge in [0.1, 0.15) is 0 Å². The number of nitrogens with zero attached hydrogens (tertiary/aromatic N) is 2. The van der Waals surface area contributed by atoms with Crippen molar-refractivity contribution in [2.24, 2.45) is 5.92 Å². The molecule has 1 aromatic heterocycles. The fraction of sp³-hybridized carbons (Fsp3) is 0.643. The summed E-state index contributed by atoms with van der Waals surface area (Å²) in [5.41, 5.74) is 0.696. The monoisotopic (exact) mass is 251 g/mol. The highest BCUT2D eigenvalue weighted by Gasteiger charge is 2.25. The van der Waals surface area contributed by atoms with E-state index in [2.05, 4.69) is 22.1 Å². The van der Waals surface area contributed by atoms with E-state index in [1.54, 1.807) is 12.3 Å². The normalized spacial score (nSPS) is 19.5. The van der Waals surface area contributed by atoms with Crippen LogP contribution in [0, 0.1) is 11.7 Å². The van der Waals surface area contributed by atoms with Crippen LogP contribution < -0.4 is 10.2 Å². The molecule has 0 saturated carbocycles. The third kappa shape index (κ3) is 2.80. The largest absolute Gasteiger partial charge is 0.354 e. The lowest BCUT2D eigenvalue weighted by Gasteiger charge is -2.19. The standard InChI is InChI=1S/C14H22FN3/c1-3-4-11-6-8-18(10-11)14-13(15)12(9-16-2)5-7-17-14/h5,7,11,16H,3-4,6,8-10H2,1-2H3. The molecule has 2 rings (SSSR count). The summed E-state index contributed by atoms with van der Waals surface area (Å²) in [6.45, 7) is 4.63. The smallest absolute Gasteiger partial charge is 0.170 e. The summed E-state index contributed by atoms with van der Waals surface area (Å²) in [5.74, 6) is 1.06. The van der Waals surface area contributed by atoms with Gasteiger partial charge in [-0.1, -0.05) is 13.3 Å². The Kier molecular flexibility index (Phi) is 4.53. The maximum absolute atomic E-state index is 14.3. The Hall–Kier alpha value is -1.16. The summed E-state index contributed by atoms with van der Waals surface area (Å²) in [7, 11) is 1.83. The number of anilines is 1. The van der Waals surface area contributed by atoms with Gasteiger partial charge in [-0.15, -0.1) is 0 Å². The second-order valence-electron chi connectivity index (χ2n) is 5.03. The van der Waals surface area contributed by atoms with E-state index in [4.69, 9.17) is 0 Å². The molecule has 18 heavy (non-hydrogen) atoms. The minimum absolute atomic E-state index is 0.163. The molecule has 4 heteroatoms. The molecular weight excluding hydrogens is 229 g/mol. The van der Waals surface area contributed by atoms with Gasteiger partial charge in [0.25, 0.3) is 0 Å². The van der Waals surface area contributed by atoms with Gasteiger partial charge < -0.3 is 10.2 Å². The van der Waals surface area contributed by atoms with E-state index in [1.807, 2.05) is 7.05 Å². The first-order valence-electron chi connectivity index (χ1n) is 6.79. The maximum Gasteiger partial charge on any atom is 0.170 e. The van der Waals surface area contributed by atoms with Crippen LogP contribution in [0.25, 0.3) is 0 Å². The average molecular weight is 251 g/mol. The summed E-state index contributed by atoms with van der Waals surface area (Å²) >= 11 is 0. The average Bonchev–Trinajstić information content (AvgIpc) is 2.81. The molecule has 1 unspecified atom stereocenters. The number of hydrogen-bond acceptors (Lipinski definition) is 3. The third-order valence-electron chi connectivity index (χ3n) is 3.60. The van der Waals surface area contributed by atoms with Crippen molar-refractivity contribution < 1.29 is 4.39 Å². The lowest BCUT2D eigenvalue weighted by atomic mass is 10.0. The van der Waals surface area contributed by atoms with Crippen molar-refractivity contribution in [3.63, 3.8) is 0 Å². The van der Waals surface area contributed by atoms with E-state index in [1.165, 1.54) is 12.8 Å². The first-order chi connectivity index (χ1) is 8.76. The number of rotatable bonds is 5. The van der Waals surface area contributed by atoms with Gasteiger partial charge >= 0.3 is 0 Å². The second-order valence-corrected chi connectivity index (χ2v) is 5.03. The zero-order valence-corrected chi connectivity index (χ0v) is 11.2. The van der Waals surface area contributed by atoms with Crippen molar-refractivity contribution >= 4 is 5.82 Å². The highest BCUT2D eigenvalue weighted by atomic mass is 19.1. The van der Waals surface area contributed by atoms with E-state index >= 15 is 0 Å². The summed E-state index contributed by atoms with van der Waals surface area (Å²) in [6.07, 6.45) is 5.30. The first-order valence-corrected chi connectivity index (χ1v) is 6.79. The van der Waals surface area contributed by atoms with Crippen molar-refractivity contribution in [1.29, 1.82) is 0 Å². The Morgan fingerprint density at radius 2 is 2.39 bits per heavy atom. The van der Waals surface area contributed by atoms with Crippen LogP contribution in [0.15, 0.2) is 12.3 Å². The minimum Gasteiger partial charge on any atom is -0.354 e. The molecule has 1 aliphatic heterocycles. The maximum atomic E-state index is 14.3. The Balaban J connectivity index is 2.12. The molecule has 0 spiro atoms. The molecule has 0 aromatic carbocycles. The first kappa shape index (κ1) is 13.3. The van der Waals surface area contributed by atoms with Crippen molar-refractivity contribution in [1.82, 2.24) is 10.3 Å². The van der Waals surface area contributed by atoms with Gasteiger partial charge in [0.15, 0.2) is 11.6 Å². The number of pyridine rings is 1. The molecule has 2 heterocycles. The summed E-state index contributed by atoms with van der Waals surface area (Å²) < 4.78 is 14.3. The van der Waals surface area contributed by atoms with Crippen molar-refractivity contribution in [3.8, 4) is 0 Å². The predicted molar refractivity (Wildman–Crippen MR) is 72.2 cm³/mol. The molecular formula is C14H22FN3. The Labute approximate surface area is 108 Å². The van der Waals surface area contributed by atoms with Crippen LogP contribution in [0.4, 0.5) is 10.2 Å². The Bertz CT molecular complexity index is 395. The molecule has 0 bridgehead atoms. The van der Waals surface area contributed by atoms with Gasteiger partial charge in [0, 0.05) is 31.4 Å². The summed E-state index contributed by atoms with van der Waals surface area (Å²) in [5, 5.41) is 2.99. The summed E-state index contributed by atoms with van der Waals surface area (Å²) in [6, 6.07) is 1.74. The number of hydrogen-bond donors (Lipinski definition) is 1. The van der Waals surface area contributed by atoms with Crippen LogP contribution in [0.5, 0.6) is 0 Å². The fourth-order valence-electron chi connectivity index (χ4n) is 2.69. The van der Waals surface area contributed by atoms with Gasteiger partial charge in [-0.2, -0.15) is 0 Å². The molecule has 1 fully saturated rings. The van der Waals surface area contributed by atoms with E-state index in [9.17, 15) is 4.39 Å². The molecule has 1 aromatic rings. The number of halogens is 1. The molecule has 3 nitrogen and oxygen atoms in total. The molecule has 1 saturated heterocycles. The number of nitrogens with one attached hydrogen (secondary N) is 1. The topological polar surface area (TPSA) is 28.2 Å². The van der Waals surface area contributed by atoms with Gasteiger partial charge in [-0.3, -0.25) is 0 Å². The minimum atomic E-state index is -0.163. The lowest BCUT2D eigenvalue weighted by molar-refractivity contribution is 0.527. The molecule has 0 aliphatic carbocycles. The van der Waals surface area contributed by atoms with Gasteiger partial charge in [0.05, 0.1) is 0 Å². The van der Waals surface area contributed by atoms with E-state index < -0.39 is 0 Å². The molecule has 1 atom stereocenters. The van der Waals surface area contributed by atoms with Crippen LogP contribution in [0.1, 0.15) is 31.7 Å². The van der Waals surface area contributed by atoms with Gasteiger partial charge in [0.2, 0.25) is 0 Å². The summed E-state index contributed by atoms with van der Waals surface area (Å²) in [4.78, 5) is 6.31. The molecule has 0 radical (unpaired) electrons. The second kappa shape index (κ2) is 6.14. The van der Waals surface area contributed by atoms with Crippen molar-refractivity contribution in [2.75, 3.05) is 25.0 Å². The molecule has 100 valence electrons. The number of aromatic nitrogens is 1. The van der Waals surface area contributed by atoms with Gasteiger partial charge in [-0.25, -0.2) is 9.37 Å². The Morgan fingerprint density at radius 1 is 1.56 bits per heavy atom. The quantitative estimate of drug-likeness (QED) is 0.871. The zero-order chi connectivity index (χ0) is 13.0. The van der Waals surface area contributed by atoms with E-state index in [0.717, 1.165) is 19.5 Å². The molecule has 1 aliphatic rings. The van der Waals surface area contributed by atoms with Crippen LogP contribution in [-0.2, 0) is 6.54 Å². The van der Waals surface area contributed by atoms with Crippen molar-refractivity contribution in [3.05, 3.63) is 23.6 Å². The zero-order valence-electron chi connectivity index (χ0n) is 11.2. The van der Waals surface area contributed by atoms with Crippen molar-refractivity contribution in [2.45, 2.75) is 32.7 Å². The lowest BCUT2D eigenvalue weighted by Crippen LogP contribution is -2.23. The highest BCUT2D eigenvalue weighted by molar-refractivity contribution is 5.44. The fourth-order valence-corrected chi connectivity index (χ4v) is 2.69. The van der Waals surface area contributed by atoms with Crippen LogP contribution in [-0.4, -0.2) is 25.1 Å². The van der Waals surface area contributed by atoms with Gasteiger partial charge in [-0.05, 0) is 31.9 Å². The molecule has 1 N–H and O–H groups in total. The van der Waals surface area contributed by atoms with Crippen LogP contribution in [0.2, 0.25) is 0 Å². The van der Waals surface area contributed by atoms with Crippen LogP contribution in [0.3, 0.4) is 0 Å².